The molecule has 1 aliphatic heterocycles. The van der Waals surface area contributed by atoms with Gasteiger partial charge < -0.3 is 10.2 Å². The predicted octanol–water partition coefficient (Wildman–Crippen LogP) is 2.94. The first-order chi connectivity index (χ1) is 14.2. The summed E-state index contributed by atoms with van der Waals surface area (Å²) in [5.41, 5.74) is 6.02. The van der Waals surface area contributed by atoms with Crippen LogP contribution in [0.15, 0.2) is 42.7 Å². The lowest BCUT2D eigenvalue weighted by atomic mass is 10.1. The van der Waals surface area contributed by atoms with E-state index >= 15 is 0 Å². The zero-order valence-electron chi connectivity index (χ0n) is 16.0. The van der Waals surface area contributed by atoms with E-state index < -0.39 is 0 Å². The van der Waals surface area contributed by atoms with E-state index in [0.717, 1.165) is 54.2 Å². The normalized spacial score (nSPS) is 14.5. The maximum atomic E-state index is 13.6. The number of hydrogen-bond donors (Lipinski definition) is 2. The number of pyridine rings is 3. The van der Waals surface area contributed by atoms with E-state index in [4.69, 9.17) is 4.98 Å². The minimum Gasteiger partial charge on any atom is -0.368 e. The van der Waals surface area contributed by atoms with Crippen LogP contribution in [0.5, 0.6) is 0 Å². The Labute approximate surface area is 167 Å². The number of aromatic amines is 1. The molecule has 0 aromatic carbocycles. The fraction of sp³-hybridized carbons (Fsp3) is 0.238. The highest BCUT2D eigenvalue weighted by Crippen LogP contribution is 2.30. The van der Waals surface area contributed by atoms with Gasteiger partial charge in [0.1, 0.15) is 5.82 Å². The van der Waals surface area contributed by atoms with Crippen LogP contribution in [0, 0.1) is 12.7 Å². The molecule has 0 spiro atoms. The molecule has 0 radical (unpaired) electrons. The largest absolute Gasteiger partial charge is 0.368 e. The third kappa shape index (κ3) is 3.31. The van der Waals surface area contributed by atoms with E-state index in [9.17, 15) is 4.39 Å². The zero-order chi connectivity index (χ0) is 19.8. The summed E-state index contributed by atoms with van der Waals surface area (Å²) >= 11 is 0. The van der Waals surface area contributed by atoms with Crippen molar-refractivity contribution < 1.29 is 4.39 Å². The minimum atomic E-state index is -0.329. The number of aromatic nitrogens is 5. The number of anilines is 1. The molecule has 0 atom stereocenters. The number of H-pyrrole nitrogens is 1. The summed E-state index contributed by atoms with van der Waals surface area (Å²) in [5, 5.41) is 10.5. The van der Waals surface area contributed by atoms with Gasteiger partial charge in [-0.3, -0.25) is 10.1 Å². The van der Waals surface area contributed by atoms with Crippen LogP contribution in [-0.4, -0.2) is 51.3 Å². The van der Waals surface area contributed by atoms with E-state index in [2.05, 4.69) is 36.4 Å². The Hall–Kier alpha value is -3.39. The number of rotatable bonds is 3. The Morgan fingerprint density at radius 3 is 2.62 bits per heavy atom. The van der Waals surface area contributed by atoms with Crippen molar-refractivity contribution >= 4 is 16.7 Å². The number of hydrogen-bond acceptors (Lipinski definition) is 6. The quantitative estimate of drug-likeness (QED) is 0.561. The van der Waals surface area contributed by atoms with Crippen LogP contribution in [0.4, 0.5) is 10.1 Å². The molecule has 2 N–H and O–H groups in total. The van der Waals surface area contributed by atoms with Crippen LogP contribution in [0.2, 0.25) is 0 Å². The van der Waals surface area contributed by atoms with Crippen LogP contribution in [0.25, 0.3) is 33.7 Å². The van der Waals surface area contributed by atoms with Crippen LogP contribution in [-0.2, 0) is 0 Å². The van der Waals surface area contributed by atoms with E-state index in [1.807, 2.05) is 18.3 Å². The highest BCUT2D eigenvalue weighted by molar-refractivity contribution is 5.84. The lowest BCUT2D eigenvalue weighted by molar-refractivity contribution is 0.589. The van der Waals surface area contributed by atoms with Crippen molar-refractivity contribution in [3.8, 4) is 22.6 Å². The Morgan fingerprint density at radius 1 is 0.966 bits per heavy atom. The van der Waals surface area contributed by atoms with Gasteiger partial charge in [-0.25, -0.2) is 14.4 Å². The number of nitrogens with one attached hydrogen (secondary N) is 2. The van der Waals surface area contributed by atoms with Gasteiger partial charge >= 0.3 is 0 Å². The lowest BCUT2D eigenvalue weighted by Crippen LogP contribution is -2.43. The van der Waals surface area contributed by atoms with Gasteiger partial charge in [0.2, 0.25) is 0 Å². The SMILES string of the molecule is Cc1nc(-c2[nH]ncc2-c2ccc3ncc(N4CCNCC4)cc3n2)ccc1F. The number of piperazine rings is 1. The fourth-order valence-electron chi connectivity index (χ4n) is 3.60. The van der Waals surface area contributed by atoms with Crippen LogP contribution < -0.4 is 10.2 Å². The summed E-state index contributed by atoms with van der Waals surface area (Å²) in [4.78, 5) is 16.1. The number of nitrogens with zero attached hydrogens (tertiary/aromatic N) is 5. The molecular formula is C21H20FN7. The van der Waals surface area contributed by atoms with E-state index in [0.29, 0.717) is 17.1 Å². The molecule has 1 saturated heterocycles. The first-order valence-electron chi connectivity index (χ1n) is 9.59. The molecule has 0 bridgehead atoms. The molecule has 1 aliphatic rings. The van der Waals surface area contributed by atoms with Crippen molar-refractivity contribution in [1.82, 2.24) is 30.5 Å². The minimum absolute atomic E-state index is 0.329. The number of halogens is 1. The van der Waals surface area contributed by atoms with Gasteiger partial charge in [0.25, 0.3) is 0 Å². The second kappa shape index (κ2) is 7.21. The van der Waals surface area contributed by atoms with Crippen LogP contribution in [0.1, 0.15) is 5.69 Å². The maximum Gasteiger partial charge on any atom is 0.144 e. The average molecular weight is 389 g/mol. The Balaban J connectivity index is 1.55. The number of aryl methyl sites for hydroxylation is 1. The first kappa shape index (κ1) is 17.7. The van der Waals surface area contributed by atoms with Gasteiger partial charge in [0.05, 0.1) is 51.9 Å². The van der Waals surface area contributed by atoms with Crippen molar-refractivity contribution in [2.24, 2.45) is 0 Å². The zero-order valence-corrected chi connectivity index (χ0v) is 16.0. The molecule has 0 saturated carbocycles. The molecule has 0 unspecified atom stereocenters. The van der Waals surface area contributed by atoms with Gasteiger partial charge in [0.15, 0.2) is 0 Å². The molecule has 8 heteroatoms. The van der Waals surface area contributed by atoms with Gasteiger partial charge in [-0.2, -0.15) is 5.10 Å². The third-order valence-electron chi connectivity index (χ3n) is 5.20. The molecule has 0 amide bonds. The molecule has 5 heterocycles. The van der Waals surface area contributed by atoms with E-state index in [1.54, 1.807) is 19.2 Å². The smallest absolute Gasteiger partial charge is 0.144 e. The second-order valence-corrected chi connectivity index (χ2v) is 7.09. The fourth-order valence-corrected chi connectivity index (χ4v) is 3.60. The molecule has 5 rings (SSSR count). The molecule has 4 aromatic heterocycles. The van der Waals surface area contributed by atoms with E-state index in [1.165, 1.54) is 6.07 Å². The van der Waals surface area contributed by atoms with Crippen molar-refractivity contribution in [2.75, 3.05) is 31.1 Å². The molecule has 29 heavy (non-hydrogen) atoms. The van der Waals surface area contributed by atoms with Crippen molar-refractivity contribution in [2.45, 2.75) is 6.92 Å². The molecule has 1 fully saturated rings. The monoisotopic (exact) mass is 389 g/mol. The van der Waals surface area contributed by atoms with Crippen molar-refractivity contribution in [1.29, 1.82) is 0 Å². The van der Waals surface area contributed by atoms with Gasteiger partial charge in [-0.05, 0) is 37.3 Å². The average Bonchev–Trinajstić information content (AvgIpc) is 3.25. The molecule has 146 valence electrons. The summed E-state index contributed by atoms with van der Waals surface area (Å²) in [6, 6.07) is 9.02. The van der Waals surface area contributed by atoms with Crippen molar-refractivity contribution in [3.63, 3.8) is 0 Å². The maximum absolute atomic E-state index is 13.6. The topological polar surface area (TPSA) is 82.6 Å². The van der Waals surface area contributed by atoms with Gasteiger partial charge in [-0.15, -0.1) is 0 Å². The summed E-state index contributed by atoms with van der Waals surface area (Å²) in [5.74, 6) is -0.329. The standard InChI is InChI=1S/C21H20FN7/c1-13-16(22)2-3-19(26-13)21-15(12-25-28-21)17-4-5-18-20(27-17)10-14(11-24-18)29-8-6-23-7-9-29/h2-5,10-12,23H,6-9H2,1H3,(H,25,28). The highest BCUT2D eigenvalue weighted by atomic mass is 19.1. The third-order valence-corrected chi connectivity index (χ3v) is 5.20. The molecule has 4 aromatic rings. The Morgan fingerprint density at radius 2 is 1.79 bits per heavy atom. The predicted molar refractivity (Wildman–Crippen MR) is 110 cm³/mol. The Kier molecular flexibility index (Phi) is 4.40. The van der Waals surface area contributed by atoms with Gasteiger partial charge in [-0.1, -0.05) is 0 Å². The summed E-state index contributed by atoms with van der Waals surface area (Å²) in [6.45, 7) is 5.48. The lowest BCUT2D eigenvalue weighted by Gasteiger charge is -2.29. The summed E-state index contributed by atoms with van der Waals surface area (Å²) in [7, 11) is 0. The van der Waals surface area contributed by atoms with Crippen LogP contribution >= 0.6 is 0 Å². The molecule has 7 nitrogen and oxygen atoms in total. The highest BCUT2D eigenvalue weighted by Gasteiger charge is 2.15. The van der Waals surface area contributed by atoms with Gasteiger partial charge in [0, 0.05) is 31.7 Å². The van der Waals surface area contributed by atoms with E-state index in [-0.39, 0.29) is 5.82 Å². The first-order valence-corrected chi connectivity index (χ1v) is 9.59. The van der Waals surface area contributed by atoms with Crippen LogP contribution in [0.3, 0.4) is 0 Å². The summed E-state index contributed by atoms with van der Waals surface area (Å²) in [6.07, 6.45) is 3.63. The summed E-state index contributed by atoms with van der Waals surface area (Å²) < 4.78 is 13.6. The van der Waals surface area contributed by atoms with Crippen molar-refractivity contribution in [3.05, 3.63) is 54.2 Å². The molecule has 0 aliphatic carbocycles. The second-order valence-electron chi connectivity index (χ2n) is 7.09. The molecular weight excluding hydrogens is 369 g/mol. The number of fused-ring (bicyclic) bond motifs is 1. The Bertz CT molecular complexity index is 1180.